The van der Waals surface area contributed by atoms with Gasteiger partial charge >= 0.3 is 6.18 Å². The number of aromatic nitrogens is 2. The van der Waals surface area contributed by atoms with E-state index in [4.69, 9.17) is 0 Å². The minimum atomic E-state index is -4.15. The number of aryl methyl sites for hydroxylation is 1. The van der Waals surface area contributed by atoms with Gasteiger partial charge in [-0.2, -0.15) is 18.3 Å². The number of halogens is 3. The SMILES string of the molecule is CCNC(=NCc1ccnn1C)NCCCN(C)CC(F)(F)F. The number of aliphatic imine (C=N–C) groups is 1. The molecule has 1 aromatic heterocycles. The summed E-state index contributed by atoms with van der Waals surface area (Å²) in [6, 6.07) is 1.89. The lowest BCUT2D eigenvalue weighted by Crippen LogP contribution is -2.39. The number of nitrogens with zero attached hydrogens (tertiary/aromatic N) is 4. The number of guanidine groups is 1. The molecule has 0 atom stereocenters. The Balaban J connectivity index is 2.34. The van der Waals surface area contributed by atoms with Crippen molar-refractivity contribution in [3.05, 3.63) is 18.0 Å². The van der Waals surface area contributed by atoms with E-state index in [0.717, 1.165) is 5.69 Å². The molecule has 0 fully saturated rings. The summed E-state index contributed by atoms with van der Waals surface area (Å²) in [4.78, 5) is 5.70. The third kappa shape index (κ3) is 8.44. The van der Waals surface area contributed by atoms with Crippen molar-refractivity contribution in [1.82, 2.24) is 25.3 Å². The molecule has 1 heterocycles. The lowest BCUT2D eigenvalue weighted by atomic mass is 10.4. The van der Waals surface area contributed by atoms with Crippen LogP contribution in [0.4, 0.5) is 13.2 Å². The zero-order valence-corrected chi connectivity index (χ0v) is 13.8. The van der Waals surface area contributed by atoms with Gasteiger partial charge in [0.2, 0.25) is 0 Å². The molecule has 9 heteroatoms. The number of hydrogen-bond acceptors (Lipinski definition) is 3. The van der Waals surface area contributed by atoms with Crippen molar-refractivity contribution in [2.24, 2.45) is 12.0 Å². The fourth-order valence-electron chi connectivity index (χ4n) is 2.00. The molecule has 0 aliphatic heterocycles. The Labute approximate surface area is 134 Å². The molecule has 0 unspecified atom stereocenters. The van der Waals surface area contributed by atoms with E-state index in [2.05, 4.69) is 20.7 Å². The van der Waals surface area contributed by atoms with E-state index in [1.54, 1.807) is 10.9 Å². The predicted octanol–water partition coefficient (Wildman–Crippen LogP) is 1.36. The second kappa shape index (κ2) is 9.39. The van der Waals surface area contributed by atoms with E-state index in [-0.39, 0.29) is 0 Å². The summed E-state index contributed by atoms with van der Waals surface area (Å²) in [5.74, 6) is 0.646. The maximum Gasteiger partial charge on any atom is 0.401 e. The number of nitrogens with one attached hydrogen (secondary N) is 2. The highest BCUT2D eigenvalue weighted by atomic mass is 19.4. The summed E-state index contributed by atoms with van der Waals surface area (Å²) in [6.07, 6.45) is -1.84. The molecule has 2 N–H and O–H groups in total. The Morgan fingerprint density at radius 3 is 2.70 bits per heavy atom. The van der Waals surface area contributed by atoms with Crippen LogP contribution < -0.4 is 10.6 Å². The first-order valence-electron chi connectivity index (χ1n) is 7.56. The van der Waals surface area contributed by atoms with Crippen molar-refractivity contribution in [1.29, 1.82) is 0 Å². The van der Waals surface area contributed by atoms with E-state index < -0.39 is 12.7 Å². The Morgan fingerprint density at radius 2 is 2.13 bits per heavy atom. The van der Waals surface area contributed by atoms with E-state index in [0.29, 0.717) is 38.6 Å². The summed E-state index contributed by atoms with van der Waals surface area (Å²) in [5, 5.41) is 10.3. The Bertz CT molecular complexity index is 483. The fraction of sp³-hybridized carbons (Fsp3) is 0.714. The first-order chi connectivity index (χ1) is 10.8. The molecule has 0 bridgehead atoms. The molecule has 0 amide bonds. The first kappa shape index (κ1) is 19.3. The number of rotatable bonds is 8. The Kier molecular flexibility index (Phi) is 7.87. The van der Waals surface area contributed by atoms with Crippen molar-refractivity contribution >= 4 is 5.96 Å². The van der Waals surface area contributed by atoms with Crippen molar-refractivity contribution in [3.63, 3.8) is 0 Å². The second-order valence-electron chi connectivity index (χ2n) is 5.27. The van der Waals surface area contributed by atoms with Gasteiger partial charge < -0.3 is 10.6 Å². The van der Waals surface area contributed by atoms with E-state index in [1.165, 1.54) is 11.9 Å². The van der Waals surface area contributed by atoms with Crippen LogP contribution >= 0.6 is 0 Å². The van der Waals surface area contributed by atoms with Crippen LogP contribution in [-0.4, -0.2) is 60.0 Å². The molecule has 1 rings (SSSR count). The van der Waals surface area contributed by atoms with Crippen molar-refractivity contribution in [3.8, 4) is 0 Å². The van der Waals surface area contributed by atoms with Gasteiger partial charge in [-0.3, -0.25) is 9.58 Å². The van der Waals surface area contributed by atoms with Crippen molar-refractivity contribution in [2.45, 2.75) is 26.1 Å². The van der Waals surface area contributed by atoms with E-state index in [1.807, 2.05) is 20.0 Å². The number of hydrogen-bond donors (Lipinski definition) is 2. The molecule has 132 valence electrons. The second-order valence-corrected chi connectivity index (χ2v) is 5.27. The lowest BCUT2D eigenvalue weighted by molar-refractivity contribution is -0.143. The molecule has 0 aliphatic carbocycles. The zero-order valence-electron chi connectivity index (χ0n) is 13.8. The summed E-state index contributed by atoms with van der Waals surface area (Å²) < 4.78 is 38.4. The molecular formula is C14H25F3N6. The molecule has 0 saturated carbocycles. The normalized spacial score (nSPS) is 12.7. The Hall–Kier alpha value is -1.77. The van der Waals surface area contributed by atoms with Gasteiger partial charge in [-0.15, -0.1) is 0 Å². The standard InChI is InChI=1S/C14H25F3N6/c1-4-18-13(20-10-12-6-8-21-23(12)3)19-7-5-9-22(2)11-14(15,16)17/h6,8H,4-5,7,9-11H2,1-3H3,(H2,18,19,20). The molecule has 1 aromatic rings. The van der Waals surface area contributed by atoms with Gasteiger partial charge in [0.05, 0.1) is 18.8 Å². The molecule has 0 saturated heterocycles. The van der Waals surface area contributed by atoms with E-state index >= 15 is 0 Å². The monoisotopic (exact) mass is 334 g/mol. The smallest absolute Gasteiger partial charge is 0.357 e. The zero-order chi connectivity index (χ0) is 17.3. The summed E-state index contributed by atoms with van der Waals surface area (Å²) in [6.45, 7) is 3.19. The van der Waals surface area contributed by atoms with E-state index in [9.17, 15) is 13.2 Å². The molecule has 23 heavy (non-hydrogen) atoms. The summed E-state index contributed by atoms with van der Waals surface area (Å²) in [5.41, 5.74) is 0.979. The van der Waals surface area contributed by atoms with Gasteiger partial charge in [0.1, 0.15) is 0 Å². The highest BCUT2D eigenvalue weighted by Gasteiger charge is 2.28. The summed E-state index contributed by atoms with van der Waals surface area (Å²) >= 11 is 0. The highest BCUT2D eigenvalue weighted by Crippen LogP contribution is 2.15. The van der Waals surface area contributed by atoms with Gasteiger partial charge in [0.15, 0.2) is 5.96 Å². The highest BCUT2D eigenvalue weighted by molar-refractivity contribution is 5.79. The third-order valence-electron chi connectivity index (χ3n) is 3.12. The average molecular weight is 334 g/mol. The van der Waals surface area contributed by atoms with Crippen LogP contribution in [-0.2, 0) is 13.6 Å². The minimum Gasteiger partial charge on any atom is -0.357 e. The molecule has 0 aromatic carbocycles. The molecule has 0 spiro atoms. The van der Waals surface area contributed by atoms with Crippen molar-refractivity contribution in [2.75, 3.05) is 33.2 Å². The van der Waals surface area contributed by atoms with Crippen LogP contribution in [0.5, 0.6) is 0 Å². The topological polar surface area (TPSA) is 57.5 Å². The number of alkyl halides is 3. The maximum atomic E-state index is 12.2. The Morgan fingerprint density at radius 1 is 1.39 bits per heavy atom. The molecule has 6 nitrogen and oxygen atoms in total. The molecule has 0 aliphatic rings. The van der Waals surface area contributed by atoms with Crippen LogP contribution in [0.1, 0.15) is 19.0 Å². The molecular weight excluding hydrogens is 309 g/mol. The molecule has 0 radical (unpaired) electrons. The van der Waals surface area contributed by atoms with Gasteiger partial charge in [0.25, 0.3) is 0 Å². The minimum absolute atomic E-state index is 0.369. The van der Waals surface area contributed by atoms with Gasteiger partial charge in [0, 0.05) is 26.3 Å². The largest absolute Gasteiger partial charge is 0.401 e. The van der Waals surface area contributed by atoms with Gasteiger partial charge in [-0.25, -0.2) is 4.99 Å². The van der Waals surface area contributed by atoms with Gasteiger partial charge in [-0.05, 0) is 33.0 Å². The van der Waals surface area contributed by atoms with Crippen LogP contribution in [0.15, 0.2) is 17.3 Å². The van der Waals surface area contributed by atoms with Crippen molar-refractivity contribution < 1.29 is 13.2 Å². The quantitative estimate of drug-likeness (QED) is 0.428. The third-order valence-corrected chi connectivity index (χ3v) is 3.12. The average Bonchev–Trinajstić information content (AvgIpc) is 2.84. The summed E-state index contributed by atoms with van der Waals surface area (Å²) in [7, 11) is 3.32. The lowest BCUT2D eigenvalue weighted by Gasteiger charge is -2.18. The maximum absolute atomic E-state index is 12.2. The van der Waals surface area contributed by atoms with Crippen LogP contribution in [0, 0.1) is 0 Å². The fourth-order valence-corrected chi connectivity index (χ4v) is 2.00. The van der Waals surface area contributed by atoms with Crippen LogP contribution in [0.2, 0.25) is 0 Å². The van der Waals surface area contributed by atoms with Crippen LogP contribution in [0.25, 0.3) is 0 Å². The van der Waals surface area contributed by atoms with Gasteiger partial charge in [-0.1, -0.05) is 0 Å². The predicted molar refractivity (Wildman–Crippen MR) is 84.2 cm³/mol. The first-order valence-corrected chi connectivity index (χ1v) is 7.56. The van der Waals surface area contributed by atoms with Crippen LogP contribution in [0.3, 0.4) is 0 Å².